The van der Waals surface area contributed by atoms with Gasteiger partial charge in [0.05, 0.1) is 12.0 Å². The van der Waals surface area contributed by atoms with Crippen LogP contribution in [0.4, 0.5) is 5.69 Å². The lowest BCUT2D eigenvalue weighted by Crippen LogP contribution is -2.53. The third-order valence-electron chi connectivity index (χ3n) is 6.18. The Kier molecular flexibility index (Phi) is 6.14. The second-order valence-electron chi connectivity index (χ2n) is 8.68. The smallest absolute Gasteiger partial charge is 0.228 e. The van der Waals surface area contributed by atoms with E-state index in [1.54, 1.807) is 16.2 Å². The van der Waals surface area contributed by atoms with Crippen molar-refractivity contribution in [2.24, 2.45) is 11.8 Å². The second kappa shape index (κ2) is 8.83. The van der Waals surface area contributed by atoms with Gasteiger partial charge in [-0.15, -0.1) is 11.3 Å². The van der Waals surface area contributed by atoms with Crippen molar-refractivity contribution >= 4 is 34.7 Å². The van der Waals surface area contributed by atoms with E-state index in [9.17, 15) is 14.4 Å². The quantitative estimate of drug-likeness (QED) is 0.733. The Hall–Kier alpha value is -2.67. The summed E-state index contributed by atoms with van der Waals surface area (Å²) in [6.07, 6.45) is 0.209. The van der Waals surface area contributed by atoms with Gasteiger partial charge in [-0.3, -0.25) is 14.4 Å². The number of thiophene rings is 1. The van der Waals surface area contributed by atoms with E-state index in [-0.39, 0.29) is 36.1 Å². The molecule has 1 aromatic carbocycles. The first-order valence-electron chi connectivity index (χ1n) is 10.9. The summed E-state index contributed by atoms with van der Waals surface area (Å²) in [4.78, 5) is 45.4. The van der Waals surface area contributed by atoms with Gasteiger partial charge in [0, 0.05) is 49.1 Å². The number of nitrogens with zero attached hydrogens (tertiary/aromatic N) is 3. The summed E-state index contributed by atoms with van der Waals surface area (Å²) in [5, 5.41) is 1.99. The van der Waals surface area contributed by atoms with Gasteiger partial charge in [0.2, 0.25) is 17.7 Å². The van der Waals surface area contributed by atoms with Crippen LogP contribution in [0.15, 0.2) is 41.8 Å². The van der Waals surface area contributed by atoms with E-state index in [0.29, 0.717) is 26.2 Å². The number of amides is 3. The molecule has 164 valence electrons. The Balaban J connectivity index is 1.56. The van der Waals surface area contributed by atoms with Crippen molar-refractivity contribution in [2.45, 2.75) is 33.2 Å². The van der Waals surface area contributed by atoms with Gasteiger partial charge in [0.1, 0.15) is 0 Å². The molecule has 4 rings (SSSR count). The lowest BCUT2D eigenvalue weighted by molar-refractivity contribution is -0.143. The number of hydrogen-bond donors (Lipinski definition) is 0. The highest BCUT2D eigenvalue weighted by atomic mass is 32.1. The fraction of sp³-hybridized carbons (Fsp3) is 0.458. The maximum absolute atomic E-state index is 13.5. The molecule has 0 bridgehead atoms. The molecule has 7 heteroatoms. The molecule has 2 atom stereocenters. The first-order valence-corrected chi connectivity index (χ1v) is 11.7. The van der Waals surface area contributed by atoms with Gasteiger partial charge < -0.3 is 14.7 Å². The van der Waals surface area contributed by atoms with Gasteiger partial charge >= 0.3 is 0 Å². The Bertz CT molecular complexity index is 947. The van der Waals surface area contributed by atoms with Crippen LogP contribution in [0.25, 0.3) is 0 Å². The van der Waals surface area contributed by atoms with Crippen LogP contribution in [-0.2, 0) is 14.4 Å². The molecule has 3 amide bonds. The van der Waals surface area contributed by atoms with Crippen LogP contribution in [0.3, 0.4) is 0 Å². The monoisotopic (exact) mass is 439 g/mol. The highest BCUT2D eigenvalue weighted by Gasteiger charge is 2.47. The summed E-state index contributed by atoms with van der Waals surface area (Å²) in [6, 6.07) is 11.6. The summed E-state index contributed by atoms with van der Waals surface area (Å²) in [7, 11) is 0. The number of carbonyl (C=O) groups excluding carboxylic acids is 3. The lowest BCUT2D eigenvalue weighted by atomic mass is 9.96. The van der Waals surface area contributed by atoms with Gasteiger partial charge in [-0.2, -0.15) is 0 Å². The molecular weight excluding hydrogens is 410 g/mol. The van der Waals surface area contributed by atoms with Crippen molar-refractivity contribution in [3.8, 4) is 0 Å². The van der Waals surface area contributed by atoms with Crippen LogP contribution in [0.2, 0.25) is 0 Å². The minimum absolute atomic E-state index is 0.0120. The number of carbonyl (C=O) groups is 3. The third-order valence-corrected chi connectivity index (χ3v) is 7.13. The highest BCUT2D eigenvalue weighted by Crippen LogP contribution is 2.43. The van der Waals surface area contributed by atoms with Gasteiger partial charge in [0.25, 0.3) is 0 Å². The Morgan fingerprint density at radius 2 is 1.65 bits per heavy atom. The predicted octanol–water partition coefficient (Wildman–Crippen LogP) is 3.48. The zero-order valence-corrected chi connectivity index (χ0v) is 19.1. The van der Waals surface area contributed by atoms with Crippen molar-refractivity contribution in [1.29, 1.82) is 0 Å². The van der Waals surface area contributed by atoms with Crippen molar-refractivity contribution in [3.05, 3.63) is 52.2 Å². The topological polar surface area (TPSA) is 60.9 Å². The zero-order chi connectivity index (χ0) is 22.1. The van der Waals surface area contributed by atoms with Gasteiger partial charge in [-0.25, -0.2) is 0 Å². The molecule has 0 N–H and O–H groups in total. The van der Waals surface area contributed by atoms with Crippen LogP contribution in [0.5, 0.6) is 0 Å². The number of piperazine rings is 1. The van der Waals surface area contributed by atoms with E-state index in [1.807, 2.05) is 72.3 Å². The minimum Gasteiger partial charge on any atom is -0.339 e. The fourth-order valence-electron chi connectivity index (χ4n) is 4.50. The van der Waals surface area contributed by atoms with Crippen LogP contribution in [0, 0.1) is 18.8 Å². The van der Waals surface area contributed by atoms with Crippen molar-refractivity contribution < 1.29 is 14.4 Å². The number of benzene rings is 1. The molecule has 6 nitrogen and oxygen atoms in total. The Labute approximate surface area is 187 Å². The van der Waals surface area contributed by atoms with Crippen LogP contribution in [-0.4, -0.2) is 53.7 Å². The van der Waals surface area contributed by atoms with Crippen molar-refractivity contribution in [1.82, 2.24) is 9.80 Å². The summed E-state index contributed by atoms with van der Waals surface area (Å²) >= 11 is 1.58. The molecular formula is C24H29N3O3S. The Morgan fingerprint density at radius 1 is 1.00 bits per heavy atom. The third kappa shape index (κ3) is 4.24. The van der Waals surface area contributed by atoms with Crippen molar-refractivity contribution in [3.63, 3.8) is 0 Å². The minimum atomic E-state index is -0.417. The van der Waals surface area contributed by atoms with E-state index >= 15 is 0 Å². The van der Waals surface area contributed by atoms with E-state index < -0.39 is 5.92 Å². The largest absolute Gasteiger partial charge is 0.339 e. The molecule has 2 saturated heterocycles. The number of hydrogen-bond acceptors (Lipinski definition) is 4. The zero-order valence-electron chi connectivity index (χ0n) is 18.3. The summed E-state index contributed by atoms with van der Waals surface area (Å²) in [5.74, 6) is -0.335. The number of aryl methyl sites for hydroxylation is 1. The molecule has 3 heterocycles. The van der Waals surface area contributed by atoms with Gasteiger partial charge in [-0.1, -0.05) is 37.6 Å². The molecule has 0 aliphatic carbocycles. The maximum Gasteiger partial charge on any atom is 0.228 e. The van der Waals surface area contributed by atoms with Crippen LogP contribution >= 0.6 is 11.3 Å². The SMILES string of the molecule is Cc1ccc(N2C(=O)CC(C(=O)N3CCN(C(=O)C(C)C)CC3)C2c2cccs2)cc1. The molecule has 2 aliphatic rings. The molecule has 2 fully saturated rings. The van der Waals surface area contributed by atoms with Crippen molar-refractivity contribution in [2.75, 3.05) is 31.1 Å². The molecule has 0 spiro atoms. The Morgan fingerprint density at radius 3 is 2.23 bits per heavy atom. The van der Waals surface area contributed by atoms with Crippen LogP contribution < -0.4 is 4.90 Å². The average molecular weight is 440 g/mol. The lowest BCUT2D eigenvalue weighted by Gasteiger charge is -2.37. The van der Waals surface area contributed by atoms with Gasteiger partial charge in [-0.05, 0) is 30.5 Å². The molecule has 0 radical (unpaired) electrons. The normalized spacial score (nSPS) is 21.8. The molecule has 1 aromatic heterocycles. The van der Waals surface area contributed by atoms with Crippen LogP contribution in [0.1, 0.15) is 36.8 Å². The molecule has 2 unspecified atom stereocenters. The fourth-order valence-corrected chi connectivity index (χ4v) is 5.38. The average Bonchev–Trinajstić information content (AvgIpc) is 3.41. The first-order chi connectivity index (χ1) is 14.9. The highest BCUT2D eigenvalue weighted by molar-refractivity contribution is 7.10. The van der Waals surface area contributed by atoms with E-state index in [4.69, 9.17) is 0 Å². The molecule has 2 aliphatic heterocycles. The van der Waals surface area contributed by atoms with E-state index in [2.05, 4.69) is 0 Å². The summed E-state index contributed by atoms with van der Waals surface area (Å²) in [5.41, 5.74) is 1.96. The standard InChI is InChI=1S/C24H29N3O3S/c1-16(2)23(29)25-10-12-26(13-11-25)24(30)19-15-21(28)27(18-8-6-17(3)7-9-18)22(19)20-5-4-14-31-20/h4-9,14,16,19,22H,10-13,15H2,1-3H3. The maximum atomic E-state index is 13.5. The second-order valence-corrected chi connectivity index (χ2v) is 9.65. The summed E-state index contributed by atoms with van der Waals surface area (Å²) in [6.45, 7) is 7.95. The van der Waals surface area contributed by atoms with E-state index in [1.165, 1.54) is 0 Å². The number of rotatable bonds is 4. The van der Waals surface area contributed by atoms with Gasteiger partial charge in [0.15, 0.2) is 0 Å². The predicted molar refractivity (Wildman–Crippen MR) is 122 cm³/mol. The molecule has 31 heavy (non-hydrogen) atoms. The number of anilines is 1. The van der Waals surface area contributed by atoms with E-state index in [0.717, 1.165) is 16.1 Å². The first kappa shape index (κ1) is 21.6. The summed E-state index contributed by atoms with van der Waals surface area (Å²) < 4.78 is 0. The molecule has 2 aromatic rings. The molecule has 0 saturated carbocycles.